The Kier molecular flexibility index (Phi) is 9.34. The molecule has 14 heteroatoms. The number of phenols is 1. The molecule has 5 heterocycles. The van der Waals surface area contributed by atoms with Crippen molar-refractivity contribution >= 4 is 33.5 Å². The average molecular weight is 749 g/mol. The molecule has 2 aromatic heterocycles. The minimum absolute atomic E-state index is 0.00353. The number of methoxy groups -OCH3 is 1. The number of benzene rings is 2. The first-order chi connectivity index (χ1) is 26.5. The van der Waals surface area contributed by atoms with E-state index in [0.29, 0.717) is 30.9 Å². The van der Waals surface area contributed by atoms with Gasteiger partial charge >= 0.3 is 12.0 Å². The fraction of sp³-hybridized carbons (Fsp3) is 0.439. The van der Waals surface area contributed by atoms with E-state index >= 15 is 8.78 Å². The molecule has 2 bridgehead atoms. The Labute approximate surface area is 317 Å². The number of aromatic nitrogens is 3. The third-order valence-corrected chi connectivity index (χ3v) is 11.5. The molecule has 2 amide bonds. The first kappa shape index (κ1) is 36.3. The lowest BCUT2D eigenvalue weighted by atomic mass is 9.95. The number of nitrogens with one attached hydrogen (secondary N) is 1. The van der Waals surface area contributed by atoms with Crippen LogP contribution < -0.4 is 19.7 Å². The molecule has 3 atom stereocenters. The maximum Gasteiger partial charge on any atom is 0.319 e. The molecular weight excluding hydrogens is 706 g/mol. The summed E-state index contributed by atoms with van der Waals surface area (Å²) in [4.78, 5) is 33.6. The van der Waals surface area contributed by atoms with Crippen molar-refractivity contribution in [3.63, 3.8) is 0 Å². The van der Waals surface area contributed by atoms with E-state index in [9.17, 15) is 15.2 Å². The summed E-state index contributed by atoms with van der Waals surface area (Å²) in [6.45, 7) is 9.62. The summed E-state index contributed by atoms with van der Waals surface area (Å²) in [5.41, 5.74) is 0.772. The fourth-order valence-corrected chi connectivity index (χ4v) is 8.42. The minimum Gasteiger partial charge on any atom is -0.508 e. The number of likely N-dealkylation sites (tertiary alicyclic amines) is 1. The standard InChI is InChI=1S/C41H42F2N8O4/c1-5-29-31(42)9-6-25-16-28(52)17-30(32(25)29)35-34(43)36-33(38(46-35)54-4)37(50-19-26-7-8-27(20-50)51(26)40(53)45-24(3)18-44)48-39(47-36)55-22-41(12-13-41)21-49-14-10-23(2)11-15-49/h1,6,9,16-17,24,26-27,52H,2,7-8,10-15,19-22H2,3-4H3,(H,45,53). The maximum atomic E-state index is 17.3. The summed E-state index contributed by atoms with van der Waals surface area (Å²) in [6.07, 6.45) is 11.1. The number of phenolic OH excluding ortho intramolecular Hbond substituents is 1. The highest BCUT2D eigenvalue weighted by Crippen LogP contribution is 2.48. The molecule has 4 fully saturated rings. The molecule has 55 heavy (non-hydrogen) atoms. The molecule has 2 aromatic carbocycles. The zero-order valence-corrected chi connectivity index (χ0v) is 30.9. The Morgan fingerprint density at radius 1 is 1.15 bits per heavy atom. The molecular formula is C41H42F2N8O4. The number of rotatable bonds is 9. The van der Waals surface area contributed by atoms with Crippen molar-refractivity contribution in [1.29, 1.82) is 5.26 Å². The molecule has 0 spiro atoms. The number of piperidine rings is 1. The van der Waals surface area contributed by atoms with Crippen molar-refractivity contribution in [2.24, 2.45) is 5.41 Å². The lowest BCUT2D eigenvalue weighted by Crippen LogP contribution is -2.59. The number of terminal acetylenes is 1. The van der Waals surface area contributed by atoms with Gasteiger partial charge in [0.25, 0.3) is 0 Å². The largest absolute Gasteiger partial charge is 0.508 e. The van der Waals surface area contributed by atoms with Crippen molar-refractivity contribution in [2.45, 2.75) is 63.6 Å². The van der Waals surface area contributed by atoms with Crippen molar-refractivity contribution in [1.82, 2.24) is 30.1 Å². The van der Waals surface area contributed by atoms with Gasteiger partial charge in [0.05, 0.1) is 37.4 Å². The van der Waals surface area contributed by atoms with Crippen molar-refractivity contribution in [3.05, 3.63) is 53.6 Å². The number of aromatic hydroxyl groups is 1. The predicted octanol–water partition coefficient (Wildman–Crippen LogP) is 5.90. The number of urea groups is 1. The number of ether oxygens (including phenoxy) is 2. The highest BCUT2D eigenvalue weighted by Gasteiger charge is 2.46. The van der Waals surface area contributed by atoms with E-state index in [1.54, 1.807) is 11.8 Å². The molecule has 8 rings (SSSR count). The maximum absolute atomic E-state index is 17.3. The Bertz CT molecular complexity index is 2290. The Morgan fingerprint density at radius 3 is 2.53 bits per heavy atom. The topological polar surface area (TPSA) is 140 Å². The monoisotopic (exact) mass is 748 g/mol. The molecule has 3 saturated heterocycles. The number of pyridine rings is 1. The first-order valence-corrected chi connectivity index (χ1v) is 18.6. The molecule has 1 aliphatic carbocycles. The van der Waals surface area contributed by atoms with Gasteiger partial charge in [-0.25, -0.2) is 18.6 Å². The van der Waals surface area contributed by atoms with E-state index in [4.69, 9.17) is 20.9 Å². The quantitative estimate of drug-likeness (QED) is 0.157. The number of amides is 2. The van der Waals surface area contributed by atoms with Crippen LogP contribution in [0.1, 0.15) is 51.0 Å². The Balaban J connectivity index is 1.23. The highest BCUT2D eigenvalue weighted by atomic mass is 19.1. The zero-order valence-electron chi connectivity index (χ0n) is 30.9. The highest BCUT2D eigenvalue weighted by molar-refractivity contribution is 6.04. The molecule has 2 N–H and O–H groups in total. The zero-order chi connectivity index (χ0) is 38.6. The number of hydrogen-bond acceptors (Lipinski definition) is 10. The van der Waals surface area contributed by atoms with Crippen LogP contribution in [0.15, 0.2) is 36.4 Å². The van der Waals surface area contributed by atoms with Crippen LogP contribution in [0.2, 0.25) is 0 Å². The van der Waals surface area contributed by atoms with Gasteiger partial charge in [-0.3, -0.25) is 0 Å². The van der Waals surface area contributed by atoms with Crippen LogP contribution in [0, 0.1) is 40.7 Å². The third-order valence-electron chi connectivity index (χ3n) is 11.5. The van der Waals surface area contributed by atoms with Gasteiger partial charge in [-0.15, -0.1) is 6.42 Å². The summed E-state index contributed by atoms with van der Waals surface area (Å²) < 4.78 is 44.6. The SMILES string of the molecule is C#Cc1c(F)ccc2cc(O)cc(-c3nc(OC)c4c(N5CC6CCC(C5)N6C(=O)NC(C)C#N)nc(OCC5(CN6CCC(=C)CC6)CC5)nc4c3F)c12. The van der Waals surface area contributed by atoms with Crippen LogP contribution in [0.5, 0.6) is 17.6 Å². The van der Waals surface area contributed by atoms with Gasteiger partial charge in [-0.1, -0.05) is 24.1 Å². The number of anilines is 1. The molecule has 4 aromatic rings. The number of nitrogens with zero attached hydrogens (tertiary/aromatic N) is 7. The fourth-order valence-electron chi connectivity index (χ4n) is 8.42. The molecule has 4 aliphatic rings. The summed E-state index contributed by atoms with van der Waals surface area (Å²) in [5, 5.41) is 23.6. The van der Waals surface area contributed by atoms with Crippen molar-refractivity contribution < 1.29 is 28.2 Å². The van der Waals surface area contributed by atoms with Crippen molar-refractivity contribution in [3.8, 4) is 47.3 Å². The van der Waals surface area contributed by atoms with Gasteiger partial charge in [-0.2, -0.15) is 15.2 Å². The van der Waals surface area contributed by atoms with E-state index in [-0.39, 0.29) is 74.3 Å². The van der Waals surface area contributed by atoms with Crippen LogP contribution in [0.25, 0.3) is 32.9 Å². The van der Waals surface area contributed by atoms with E-state index in [2.05, 4.69) is 32.7 Å². The van der Waals surface area contributed by atoms with Gasteiger partial charge < -0.3 is 34.6 Å². The lowest BCUT2D eigenvalue weighted by molar-refractivity contribution is 0.148. The number of carbonyl (C=O) groups is 1. The van der Waals surface area contributed by atoms with Gasteiger partial charge in [0.15, 0.2) is 5.82 Å². The van der Waals surface area contributed by atoms with Gasteiger partial charge in [-0.05, 0) is 69.0 Å². The summed E-state index contributed by atoms with van der Waals surface area (Å²) >= 11 is 0. The number of fused-ring (bicyclic) bond motifs is 4. The molecule has 3 unspecified atom stereocenters. The number of nitriles is 1. The number of hydrogen-bond donors (Lipinski definition) is 2. The van der Waals surface area contributed by atoms with Crippen LogP contribution in [0.3, 0.4) is 0 Å². The smallest absolute Gasteiger partial charge is 0.319 e. The van der Waals surface area contributed by atoms with Crippen LogP contribution >= 0.6 is 0 Å². The second-order valence-corrected chi connectivity index (χ2v) is 15.3. The van der Waals surface area contributed by atoms with Gasteiger partial charge in [0.1, 0.15) is 40.0 Å². The number of piperazine rings is 1. The summed E-state index contributed by atoms with van der Waals surface area (Å²) in [7, 11) is 1.40. The first-order valence-electron chi connectivity index (χ1n) is 18.6. The molecule has 1 saturated carbocycles. The second kappa shape index (κ2) is 14.2. The van der Waals surface area contributed by atoms with E-state index in [1.165, 1.54) is 36.9 Å². The number of halogens is 2. The Morgan fingerprint density at radius 2 is 1.87 bits per heavy atom. The lowest BCUT2D eigenvalue weighted by Gasteiger charge is -2.41. The van der Waals surface area contributed by atoms with Crippen LogP contribution in [0.4, 0.5) is 19.4 Å². The molecule has 284 valence electrons. The summed E-state index contributed by atoms with van der Waals surface area (Å²) in [6, 6.07) is 6.04. The van der Waals surface area contributed by atoms with Crippen LogP contribution in [-0.2, 0) is 0 Å². The molecule has 12 nitrogen and oxygen atoms in total. The van der Waals surface area contributed by atoms with Crippen molar-refractivity contribution in [2.75, 3.05) is 51.3 Å². The van der Waals surface area contributed by atoms with Gasteiger partial charge in [0.2, 0.25) is 5.88 Å². The molecule has 3 aliphatic heterocycles. The second-order valence-electron chi connectivity index (χ2n) is 15.3. The summed E-state index contributed by atoms with van der Waals surface area (Å²) in [5.74, 6) is 0.990. The normalized spacial score (nSPS) is 20.9. The van der Waals surface area contributed by atoms with E-state index in [0.717, 1.165) is 58.2 Å². The molecule has 0 radical (unpaired) electrons. The minimum atomic E-state index is -0.857. The van der Waals surface area contributed by atoms with Crippen LogP contribution in [-0.4, -0.2) is 100 Å². The van der Waals surface area contributed by atoms with E-state index < -0.39 is 17.7 Å². The number of carbonyl (C=O) groups excluding carboxylic acids is 1. The Hall–Kier alpha value is -5.73. The predicted molar refractivity (Wildman–Crippen MR) is 203 cm³/mol. The average Bonchev–Trinajstić information content (AvgIpc) is 3.89. The third kappa shape index (κ3) is 6.69. The van der Waals surface area contributed by atoms with E-state index in [1.807, 2.05) is 11.0 Å². The van der Waals surface area contributed by atoms with Gasteiger partial charge in [0, 0.05) is 49.1 Å².